The third kappa shape index (κ3) is 5.37. The minimum atomic E-state index is -5.08. The van der Waals surface area contributed by atoms with Crippen LogP contribution in [0.5, 0.6) is 0 Å². The van der Waals surface area contributed by atoms with Crippen molar-refractivity contribution in [3.8, 4) is 5.13 Å². The molecule has 1 aromatic carbocycles. The summed E-state index contributed by atoms with van der Waals surface area (Å²) in [5.74, 6) is -2.76. The molecule has 11 heteroatoms. The van der Waals surface area contributed by atoms with Crippen LogP contribution < -0.4 is 4.90 Å². The molecule has 0 atom stereocenters. The highest BCUT2D eigenvalue weighted by Crippen LogP contribution is 2.30. The molecule has 31 heavy (non-hydrogen) atoms. The standard InChI is InChI=1S/C18H17N5S.C2HF3O2/c1-13-10-19-16-7-4-3-6-15(16)17(13)22(2)12-14-11-20-18(24-14)23-9-5-8-21-23;3-2(4,5)1(6)7/h3-11H,12H2,1-2H3;(H,6,7). The van der Waals surface area contributed by atoms with Crippen LogP contribution in [0, 0.1) is 6.92 Å². The van der Waals surface area contributed by atoms with E-state index in [2.05, 4.69) is 52.1 Å². The molecule has 162 valence electrons. The van der Waals surface area contributed by atoms with E-state index >= 15 is 0 Å². The number of rotatable bonds is 4. The van der Waals surface area contributed by atoms with E-state index in [4.69, 9.17) is 9.90 Å². The summed E-state index contributed by atoms with van der Waals surface area (Å²) in [4.78, 5) is 21.3. The van der Waals surface area contributed by atoms with Crippen LogP contribution in [0.4, 0.5) is 18.9 Å². The number of benzene rings is 1. The van der Waals surface area contributed by atoms with Crippen LogP contribution in [0.3, 0.4) is 0 Å². The fourth-order valence-electron chi connectivity index (χ4n) is 2.90. The number of hydrogen-bond acceptors (Lipinski definition) is 6. The average Bonchev–Trinajstić information content (AvgIpc) is 3.39. The van der Waals surface area contributed by atoms with Crippen molar-refractivity contribution in [2.45, 2.75) is 19.6 Å². The van der Waals surface area contributed by atoms with E-state index in [1.54, 1.807) is 22.2 Å². The maximum Gasteiger partial charge on any atom is 0.490 e. The quantitative estimate of drug-likeness (QED) is 0.495. The molecule has 0 fully saturated rings. The Balaban J connectivity index is 0.000000339. The Labute approximate surface area is 179 Å². The fourth-order valence-corrected chi connectivity index (χ4v) is 3.81. The average molecular weight is 449 g/mol. The number of aliphatic carboxylic acids is 1. The minimum absolute atomic E-state index is 0.799. The summed E-state index contributed by atoms with van der Waals surface area (Å²) in [7, 11) is 2.11. The first kappa shape index (κ1) is 22.2. The number of aromatic nitrogens is 4. The highest BCUT2D eigenvalue weighted by Gasteiger charge is 2.38. The summed E-state index contributed by atoms with van der Waals surface area (Å²) < 4.78 is 33.5. The van der Waals surface area contributed by atoms with Crippen molar-refractivity contribution >= 4 is 33.9 Å². The first-order valence-corrected chi connectivity index (χ1v) is 9.79. The van der Waals surface area contributed by atoms with Gasteiger partial charge in [-0.05, 0) is 24.6 Å². The highest BCUT2D eigenvalue weighted by molar-refractivity contribution is 7.14. The van der Waals surface area contributed by atoms with Crippen molar-refractivity contribution in [1.29, 1.82) is 0 Å². The number of anilines is 1. The van der Waals surface area contributed by atoms with Gasteiger partial charge in [0, 0.05) is 42.1 Å². The number of carboxylic acid groups (broad SMARTS) is 1. The van der Waals surface area contributed by atoms with Crippen molar-refractivity contribution in [3.63, 3.8) is 0 Å². The molecule has 0 aliphatic carbocycles. The van der Waals surface area contributed by atoms with Crippen molar-refractivity contribution in [3.05, 3.63) is 65.6 Å². The van der Waals surface area contributed by atoms with Gasteiger partial charge in [0.15, 0.2) is 0 Å². The summed E-state index contributed by atoms with van der Waals surface area (Å²) in [6, 6.07) is 10.2. The lowest BCUT2D eigenvalue weighted by Crippen LogP contribution is -2.21. The van der Waals surface area contributed by atoms with Crippen LogP contribution in [-0.4, -0.2) is 44.0 Å². The van der Waals surface area contributed by atoms with Gasteiger partial charge in [-0.1, -0.05) is 29.5 Å². The second kappa shape index (κ2) is 9.13. The van der Waals surface area contributed by atoms with Gasteiger partial charge in [0.25, 0.3) is 0 Å². The lowest BCUT2D eigenvalue weighted by atomic mass is 10.1. The first-order valence-electron chi connectivity index (χ1n) is 8.97. The lowest BCUT2D eigenvalue weighted by molar-refractivity contribution is -0.192. The molecule has 0 saturated heterocycles. The predicted octanol–water partition coefficient (Wildman–Crippen LogP) is 4.46. The van der Waals surface area contributed by atoms with E-state index in [0.717, 1.165) is 17.2 Å². The maximum atomic E-state index is 10.6. The Morgan fingerprint density at radius 2 is 1.90 bits per heavy atom. The number of nitrogens with zero attached hydrogens (tertiary/aromatic N) is 5. The second-order valence-electron chi connectivity index (χ2n) is 6.53. The maximum absolute atomic E-state index is 10.6. The zero-order valence-electron chi connectivity index (χ0n) is 16.5. The van der Waals surface area contributed by atoms with Crippen LogP contribution >= 0.6 is 11.3 Å². The molecule has 0 saturated carbocycles. The van der Waals surface area contributed by atoms with Crippen LogP contribution in [0.2, 0.25) is 0 Å². The van der Waals surface area contributed by atoms with Crippen molar-refractivity contribution < 1.29 is 23.1 Å². The van der Waals surface area contributed by atoms with Crippen LogP contribution in [-0.2, 0) is 11.3 Å². The van der Waals surface area contributed by atoms with Gasteiger partial charge in [0.1, 0.15) is 0 Å². The zero-order valence-corrected chi connectivity index (χ0v) is 17.4. The molecule has 1 N–H and O–H groups in total. The molecule has 0 bridgehead atoms. The molecule has 4 rings (SSSR count). The number of thiazole rings is 1. The Bertz CT molecular complexity index is 1180. The van der Waals surface area contributed by atoms with Crippen LogP contribution in [0.25, 0.3) is 16.0 Å². The smallest absolute Gasteiger partial charge is 0.475 e. The summed E-state index contributed by atoms with van der Waals surface area (Å²) in [6.45, 7) is 2.90. The number of hydrogen-bond donors (Lipinski definition) is 1. The van der Waals surface area contributed by atoms with E-state index in [9.17, 15) is 13.2 Å². The third-order valence-corrected chi connectivity index (χ3v) is 5.16. The molecule has 0 unspecified atom stereocenters. The number of pyridine rings is 1. The number of halogens is 3. The first-order chi connectivity index (χ1) is 14.7. The molecule has 3 heterocycles. The van der Waals surface area contributed by atoms with E-state index < -0.39 is 12.1 Å². The molecular weight excluding hydrogens is 431 g/mol. The minimum Gasteiger partial charge on any atom is -0.475 e. The van der Waals surface area contributed by atoms with Gasteiger partial charge in [-0.15, -0.1) is 0 Å². The summed E-state index contributed by atoms with van der Waals surface area (Å²) in [6.07, 6.45) is 2.46. The summed E-state index contributed by atoms with van der Waals surface area (Å²) >= 11 is 1.66. The molecule has 0 spiro atoms. The van der Waals surface area contributed by atoms with E-state index in [0.29, 0.717) is 0 Å². The zero-order chi connectivity index (χ0) is 22.6. The van der Waals surface area contributed by atoms with E-state index in [1.165, 1.54) is 21.5 Å². The number of alkyl halides is 3. The van der Waals surface area contributed by atoms with Gasteiger partial charge < -0.3 is 10.0 Å². The van der Waals surface area contributed by atoms with Crippen LogP contribution in [0.15, 0.2) is 55.1 Å². The van der Waals surface area contributed by atoms with E-state index in [-0.39, 0.29) is 0 Å². The van der Waals surface area contributed by atoms with Gasteiger partial charge in [-0.2, -0.15) is 18.3 Å². The third-order valence-electron chi connectivity index (χ3n) is 4.19. The molecule has 0 aliphatic rings. The number of para-hydroxylation sites is 1. The Hall–Kier alpha value is -3.47. The predicted molar refractivity (Wildman–Crippen MR) is 112 cm³/mol. The van der Waals surface area contributed by atoms with Gasteiger partial charge in [0.2, 0.25) is 5.13 Å². The van der Waals surface area contributed by atoms with Crippen molar-refractivity contribution in [2.75, 3.05) is 11.9 Å². The van der Waals surface area contributed by atoms with Gasteiger partial charge in [-0.3, -0.25) is 4.98 Å². The molecule has 3 aromatic heterocycles. The van der Waals surface area contributed by atoms with Crippen molar-refractivity contribution in [2.24, 2.45) is 0 Å². The molecule has 7 nitrogen and oxygen atoms in total. The second-order valence-corrected chi connectivity index (χ2v) is 7.62. The highest BCUT2D eigenvalue weighted by atomic mass is 32.1. The lowest BCUT2D eigenvalue weighted by Gasteiger charge is -2.22. The monoisotopic (exact) mass is 449 g/mol. The SMILES string of the molecule is Cc1cnc2ccccc2c1N(C)Cc1cnc(-n2cccn2)s1.O=C(O)C(F)(F)F. The molecule has 0 aliphatic heterocycles. The van der Waals surface area contributed by atoms with E-state index in [1.807, 2.05) is 30.7 Å². The Kier molecular flexibility index (Phi) is 6.54. The topological polar surface area (TPSA) is 84.1 Å². The normalized spacial score (nSPS) is 11.1. The fraction of sp³-hybridized carbons (Fsp3) is 0.200. The van der Waals surface area contributed by atoms with Crippen LogP contribution in [0.1, 0.15) is 10.4 Å². The van der Waals surface area contributed by atoms with Gasteiger partial charge in [-0.25, -0.2) is 14.5 Å². The molecule has 0 radical (unpaired) electrons. The number of carbonyl (C=O) groups is 1. The Morgan fingerprint density at radius 1 is 1.19 bits per heavy atom. The van der Waals surface area contributed by atoms with Gasteiger partial charge >= 0.3 is 12.1 Å². The molecule has 0 amide bonds. The molecule has 4 aromatic rings. The Morgan fingerprint density at radius 3 is 2.55 bits per heavy atom. The van der Waals surface area contributed by atoms with Crippen molar-refractivity contribution in [1.82, 2.24) is 19.7 Å². The number of fused-ring (bicyclic) bond motifs is 1. The molecular formula is C20H18F3N5O2S. The number of carboxylic acids is 1. The number of aryl methyl sites for hydroxylation is 1. The summed E-state index contributed by atoms with van der Waals surface area (Å²) in [5, 5.41) is 13.4. The van der Waals surface area contributed by atoms with Gasteiger partial charge in [0.05, 0.1) is 17.7 Å². The largest absolute Gasteiger partial charge is 0.490 e. The summed E-state index contributed by atoms with van der Waals surface area (Å²) in [5.41, 5.74) is 3.41.